The zero-order valence-electron chi connectivity index (χ0n) is 17.2. The van der Waals surface area contributed by atoms with Gasteiger partial charge in [-0.25, -0.2) is 9.50 Å². The molecule has 4 heterocycles. The van der Waals surface area contributed by atoms with Crippen LogP contribution in [0.2, 0.25) is 0 Å². The van der Waals surface area contributed by atoms with Gasteiger partial charge in [0.25, 0.3) is 5.91 Å². The zero-order valence-corrected chi connectivity index (χ0v) is 17.2. The molecular weight excluding hydrogens is 382 g/mol. The van der Waals surface area contributed by atoms with E-state index in [-0.39, 0.29) is 11.3 Å². The summed E-state index contributed by atoms with van der Waals surface area (Å²) in [5.41, 5.74) is 3.87. The molecule has 2 aliphatic rings. The van der Waals surface area contributed by atoms with Crippen molar-refractivity contribution in [2.45, 2.75) is 20.3 Å². The third-order valence-electron chi connectivity index (χ3n) is 5.59. The summed E-state index contributed by atoms with van der Waals surface area (Å²) in [6.45, 7) is 7.93. The van der Waals surface area contributed by atoms with E-state index in [2.05, 4.69) is 46.3 Å². The van der Waals surface area contributed by atoms with Crippen LogP contribution < -0.4 is 15.0 Å². The lowest BCUT2D eigenvalue weighted by atomic mass is 9.84. The van der Waals surface area contributed by atoms with Gasteiger partial charge >= 0.3 is 0 Å². The molecule has 156 valence electrons. The lowest BCUT2D eigenvalue weighted by molar-refractivity contribution is 0.102. The Labute approximate surface area is 174 Å². The molecule has 8 heteroatoms. The summed E-state index contributed by atoms with van der Waals surface area (Å²) in [7, 11) is 0. The van der Waals surface area contributed by atoms with E-state index in [4.69, 9.17) is 9.47 Å². The summed E-state index contributed by atoms with van der Waals surface area (Å²) in [5.74, 6) is 0.667. The molecule has 1 amide bonds. The van der Waals surface area contributed by atoms with Crippen LogP contribution in [0.5, 0.6) is 5.75 Å². The standard InChI is InChI=1S/C22H25N5O3/c1-22(2)12-15-10-17(18(11-19(15)30-14-22)26-6-8-29-9-7-26)25-21(28)16-13-24-27-5-3-4-23-20(16)27/h3-5,10-11,13H,6-9,12,14H2,1-2H3,(H,25,28). The predicted octanol–water partition coefficient (Wildman–Crippen LogP) is 2.78. The first-order chi connectivity index (χ1) is 14.5. The quantitative estimate of drug-likeness (QED) is 0.719. The van der Waals surface area contributed by atoms with Crippen molar-refractivity contribution in [2.75, 3.05) is 43.1 Å². The summed E-state index contributed by atoms with van der Waals surface area (Å²) in [4.78, 5) is 19.7. The minimum absolute atomic E-state index is 0.0567. The van der Waals surface area contributed by atoms with E-state index in [1.807, 2.05) is 0 Å². The van der Waals surface area contributed by atoms with Gasteiger partial charge in [0.05, 0.1) is 37.4 Å². The topological polar surface area (TPSA) is 81.0 Å². The summed E-state index contributed by atoms with van der Waals surface area (Å²) < 4.78 is 13.2. The van der Waals surface area contributed by atoms with Crippen LogP contribution in [-0.4, -0.2) is 53.4 Å². The van der Waals surface area contributed by atoms with Gasteiger partial charge in [0.2, 0.25) is 0 Å². The van der Waals surface area contributed by atoms with Crippen LogP contribution >= 0.6 is 0 Å². The maximum absolute atomic E-state index is 13.1. The van der Waals surface area contributed by atoms with Crippen molar-refractivity contribution < 1.29 is 14.3 Å². The van der Waals surface area contributed by atoms with Crippen LogP contribution in [0.25, 0.3) is 5.65 Å². The van der Waals surface area contributed by atoms with E-state index in [9.17, 15) is 4.79 Å². The Kier molecular flexibility index (Phi) is 4.58. The number of nitrogens with one attached hydrogen (secondary N) is 1. The number of carbonyl (C=O) groups excluding carboxylic acids is 1. The zero-order chi connectivity index (χ0) is 20.7. The highest BCUT2D eigenvalue weighted by Gasteiger charge is 2.29. The van der Waals surface area contributed by atoms with Gasteiger partial charge in [0, 0.05) is 37.0 Å². The fraction of sp³-hybridized carbons (Fsp3) is 0.409. The molecule has 2 aromatic heterocycles. The molecule has 8 nitrogen and oxygen atoms in total. The number of hydrogen-bond acceptors (Lipinski definition) is 6. The number of benzene rings is 1. The first-order valence-corrected chi connectivity index (χ1v) is 10.2. The van der Waals surface area contributed by atoms with E-state index in [0.717, 1.165) is 42.2 Å². The Bertz CT molecular complexity index is 1100. The maximum atomic E-state index is 13.1. The van der Waals surface area contributed by atoms with Crippen molar-refractivity contribution in [2.24, 2.45) is 5.41 Å². The molecule has 0 spiro atoms. The van der Waals surface area contributed by atoms with Crippen LogP contribution in [-0.2, 0) is 11.2 Å². The average Bonchev–Trinajstić information content (AvgIpc) is 3.17. The second-order valence-electron chi connectivity index (χ2n) is 8.61. The lowest BCUT2D eigenvalue weighted by Gasteiger charge is -2.35. The number of nitrogens with zero attached hydrogens (tertiary/aromatic N) is 4. The molecule has 1 N–H and O–H groups in total. The highest BCUT2D eigenvalue weighted by atomic mass is 16.5. The van der Waals surface area contributed by atoms with Crippen LogP contribution in [0.15, 0.2) is 36.8 Å². The molecule has 0 aliphatic carbocycles. The smallest absolute Gasteiger partial charge is 0.261 e. The van der Waals surface area contributed by atoms with E-state index in [1.54, 1.807) is 29.2 Å². The van der Waals surface area contributed by atoms with Crippen LogP contribution in [0, 0.1) is 5.41 Å². The molecular formula is C22H25N5O3. The highest BCUT2D eigenvalue weighted by Crippen LogP contribution is 2.41. The number of carbonyl (C=O) groups is 1. The molecule has 0 bridgehead atoms. The first kappa shape index (κ1) is 18.9. The monoisotopic (exact) mass is 407 g/mol. The van der Waals surface area contributed by atoms with Crippen molar-refractivity contribution in [3.63, 3.8) is 0 Å². The van der Waals surface area contributed by atoms with E-state index >= 15 is 0 Å². The molecule has 0 unspecified atom stereocenters. The van der Waals surface area contributed by atoms with Crippen molar-refractivity contribution in [3.05, 3.63) is 47.9 Å². The largest absolute Gasteiger partial charge is 0.493 e. The fourth-order valence-corrected chi connectivity index (χ4v) is 4.07. The minimum atomic E-state index is -0.228. The van der Waals surface area contributed by atoms with Crippen molar-refractivity contribution in [1.29, 1.82) is 0 Å². The van der Waals surface area contributed by atoms with Gasteiger partial charge in [0.15, 0.2) is 5.65 Å². The van der Waals surface area contributed by atoms with Gasteiger partial charge in [0.1, 0.15) is 11.3 Å². The number of fused-ring (bicyclic) bond motifs is 2. The number of rotatable bonds is 3. The van der Waals surface area contributed by atoms with Crippen LogP contribution in [0.4, 0.5) is 11.4 Å². The summed E-state index contributed by atoms with van der Waals surface area (Å²) in [5, 5.41) is 7.34. The Hall–Kier alpha value is -3.13. The number of aromatic nitrogens is 3. The third kappa shape index (κ3) is 3.47. The highest BCUT2D eigenvalue weighted by molar-refractivity contribution is 6.09. The Morgan fingerprint density at radius 2 is 2.07 bits per heavy atom. The van der Waals surface area contributed by atoms with Gasteiger partial charge in [-0.05, 0) is 24.1 Å². The third-order valence-corrected chi connectivity index (χ3v) is 5.59. The molecule has 0 saturated carbocycles. The number of morpholine rings is 1. The molecule has 0 atom stereocenters. The van der Waals surface area contributed by atoms with Crippen molar-refractivity contribution in [1.82, 2.24) is 14.6 Å². The summed E-state index contributed by atoms with van der Waals surface area (Å²) in [6, 6.07) is 5.89. The average molecular weight is 407 g/mol. The van der Waals surface area contributed by atoms with Gasteiger partial charge < -0.3 is 19.7 Å². The van der Waals surface area contributed by atoms with Gasteiger partial charge in [-0.15, -0.1) is 0 Å². The number of ether oxygens (including phenoxy) is 2. The molecule has 3 aromatic rings. The molecule has 1 fully saturated rings. The fourth-order valence-electron chi connectivity index (χ4n) is 4.07. The van der Waals surface area contributed by atoms with E-state index < -0.39 is 0 Å². The normalized spacial score (nSPS) is 18.0. The van der Waals surface area contributed by atoms with Gasteiger partial charge in [-0.2, -0.15) is 5.10 Å². The molecule has 30 heavy (non-hydrogen) atoms. The lowest BCUT2D eigenvalue weighted by Crippen LogP contribution is -2.37. The number of anilines is 2. The Balaban J connectivity index is 1.52. The second kappa shape index (κ2) is 7.28. The molecule has 1 aromatic carbocycles. The first-order valence-electron chi connectivity index (χ1n) is 10.2. The maximum Gasteiger partial charge on any atom is 0.261 e. The van der Waals surface area contributed by atoms with Crippen molar-refractivity contribution in [3.8, 4) is 5.75 Å². The SMILES string of the molecule is CC1(C)COc2cc(N3CCOCC3)c(NC(=O)c3cnn4cccnc34)cc2C1. The predicted molar refractivity (Wildman–Crippen MR) is 113 cm³/mol. The molecule has 2 aliphatic heterocycles. The number of amides is 1. The molecule has 0 radical (unpaired) electrons. The van der Waals surface area contributed by atoms with Gasteiger partial charge in [-0.3, -0.25) is 4.79 Å². The van der Waals surface area contributed by atoms with Crippen LogP contribution in [0.1, 0.15) is 29.8 Å². The summed E-state index contributed by atoms with van der Waals surface area (Å²) >= 11 is 0. The molecule has 1 saturated heterocycles. The minimum Gasteiger partial charge on any atom is -0.493 e. The van der Waals surface area contributed by atoms with Gasteiger partial charge in [-0.1, -0.05) is 13.8 Å². The van der Waals surface area contributed by atoms with E-state index in [0.29, 0.717) is 31.0 Å². The van der Waals surface area contributed by atoms with Crippen LogP contribution in [0.3, 0.4) is 0 Å². The summed E-state index contributed by atoms with van der Waals surface area (Å²) in [6.07, 6.45) is 5.88. The van der Waals surface area contributed by atoms with E-state index in [1.165, 1.54) is 0 Å². The Morgan fingerprint density at radius 1 is 1.23 bits per heavy atom. The molecule has 5 rings (SSSR count). The Morgan fingerprint density at radius 3 is 2.90 bits per heavy atom. The second-order valence-corrected chi connectivity index (χ2v) is 8.61. The van der Waals surface area contributed by atoms with Crippen molar-refractivity contribution >= 4 is 22.9 Å². The number of hydrogen-bond donors (Lipinski definition) is 1.